The van der Waals surface area contributed by atoms with Gasteiger partial charge in [0.2, 0.25) is 0 Å². The second-order valence-electron chi connectivity index (χ2n) is 3.25. The molecule has 2 atom stereocenters. The van der Waals surface area contributed by atoms with E-state index in [-0.39, 0.29) is 12.2 Å². The molecule has 16 heavy (non-hydrogen) atoms. The van der Waals surface area contributed by atoms with Crippen molar-refractivity contribution in [3.05, 3.63) is 29.3 Å². The maximum Gasteiger partial charge on any atom is 0.170 e. The molecule has 1 aromatic rings. The highest BCUT2D eigenvalue weighted by Crippen LogP contribution is 2.28. The van der Waals surface area contributed by atoms with E-state index in [0.29, 0.717) is 11.3 Å². The Labute approximate surface area is 93.1 Å². The fourth-order valence-electron chi connectivity index (χ4n) is 1.35. The Bertz CT molecular complexity index is 399. The Kier molecular flexibility index (Phi) is 4.26. The topological polar surface area (TPSA) is 93.7 Å². The van der Waals surface area contributed by atoms with Crippen molar-refractivity contribution in [1.82, 2.24) is 0 Å². The first-order valence-electron chi connectivity index (χ1n) is 4.67. The maximum absolute atomic E-state index is 9.69. The molecule has 0 heterocycles. The summed E-state index contributed by atoms with van der Waals surface area (Å²) in [6, 6.07) is 6.23. The lowest BCUT2D eigenvalue weighted by molar-refractivity contribution is 0.0509. The van der Waals surface area contributed by atoms with Gasteiger partial charge >= 0.3 is 0 Å². The van der Waals surface area contributed by atoms with E-state index < -0.39 is 12.2 Å². The van der Waals surface area contributed by atoms with Crippen LogP contribution in [0.5, 0.6) is 5.75 Å². The molecule has 0 saturated heterocycles. The highest BCUT2D eigenvalue weighted by atomic mass is 16.5. The minimum Gasteiger partial charge on any atom is -0.496 e. The number of benzene rings is 1. The van der Waals surface area contributed by atoms with Crippen molar-refractivity contribution in [3.63, 3.8) is 0 Å². The van der Waals surface area contributed by atoms with Crippen LogP contribution in [0.2, 0.25) is 0 Å². The average molecular weight is 223 g/mol. The van der Waals surface area contributed by atoms with Gasteiger partial charge in [0.05, 0.1) is 19.8 Å². The predicted molar refractivity (Wildman–Crippen MR) is 55.5 cm³/mol. The maximum atomic E-state index is 9.69. The molecule has 0 bridgehead atoms. The number of ether oxygens (including phenoxy) is 1. The highest BCUT2D eigenvalue weighted by Gasteiger charge is 2.21. The van der Waals surface area contributed by atoms with Crippen molar-refractivity contribution in [2.24, 2.45) is 0 Å². The molecule has 86 valence electrons. The number of hydrogen-bond donors (Lipinski definition) is 3. The molecule has 0 aromatic heterocycles. The number of aliphatic hydroxyl groups is 3. The summed E-state index contributed by atoms with van der Waals surface area (Å²) in [5.74, 6) is 0.360. The summed E-state index contributed by atoms with van der Waals surface area (Å²) in [6.07, 6.45) is -2.88. The number of aliphatic hydroxyl groups excluding tert-OH is 3. The molecule has 0 fully saturated rings. The van der Waals surface area contributed by atoms with Gasteiger partial charge in [-0.3, -0.25) is 0 Å². The summed E-state index contributed by atoms with van der Waals surface area (Å²) in [5, 5.41) is 36.4. The van der Waals surface area contributed by atoms with E-state index in [2.05, 4.69) is 0 Å². The molecule has 1 aromatic carbocycles. The molecule has 3 N–H and O–H groups in total. The molecule has 5 nitrogen and oxygen atoms in total. The minimum absolute atomic E-state index is 0.188. The normalized spacial score (nSPS) is 13.9. The first-order valence-corrected chi connectivity index (χ1v) is 4.67. The molecule has 0 spiro atoms. The summed E-state index contributed by atoms with van der Waals surface area (Å²) >= 11 is 0. The zero-order valence-electron chi connectivity index (χ0n) is 8.79. The Morgan fingerprint density at radius 3 is 2.62 bits per heavy atom. The molecule has 2 unspecified atom stereocenters. The Balaban J connectivity index is 3.13. The molecular weight excluding hydrogens is 210 g/mol. The Morgan fingerprint density at radius 1 is 1.44 bits per heavy atom. The number of methoxy groups -OCH3 is 1. The largest absolute Gasteiger partial charge is 0.496 e. The summed E-state index contributed by atoms with van der Waals surface area (Å²) in [5.41, 5.74) is 0.850. The van der Waals surface area contributed by atoms with Gasteiger partial charge in [0.15, 0.2) is 6.10 Å². The van der Waals surface area contributed by atoms with E-state index in [4.69, 9.17) is 15.1 Å². The molecule has 1 rings (SSSR count). The van der Waals surface area contributed by atoms with Gasteiger partial charge in [0, 0.05) is 5.56 Å². The van der Waals surface area contributed by atoms with E-state index in [1.165, 1.54) is 19.2 Å². The molecule has 0 amide bonds. The van der Waals surface area contributed by atoms with Gasteiger partial charge in [-0.2, -0.15) is 5.26 Å². The van der Waals surface area contributed by atoms with Gasteiger partial charge in [-0.05, 0) is 17.7 Å². The van der Waals surface area contributed by atoms with E-state index in [1.54, 1.807) is 12.1 Å². The van der Waals surface area contributed by atoms with E-state index >= 15 is 0 Å². The summed E-state index contributed by atoms with van der Waals surface area (Å²) in [7, 11) is 1.42. The third-order valence-electron chi connectivity index (χ3n) is 2.23. The van der Waals surface area contributed by atoms with Crippen LogP contribution in [-0.2, 0) is 6.61 Å². The van der Waals surface area contributed by atoms with Gasteiger partial charge in [-0.1, -0.05) is 6.07 Å². The van der Waals surface area contributed by atoms with Gasteiger partial charge in [0.25, 0.3) is 0 Å². The summed E-state index contributed by atoms with van der Waals surface area (Å²) in [6.45, 7) is -0.188. The van der Waals surface area contributed by atoms with Crippen molar-refractivity contribution >= 4 is 0 Å². The minimum atomic E-state index is -1.53. The van der Waals surface area contributed by atoms with Gasteiger partial charge in [-0.25, -0.2) is 0 Å². The zero-order chi connectivity index (χ0) is 12.1. The van der Waals surface area contributed by atoms with Crippen molar-refractivity contribution in [2.75, 3.05) is 7.11 Å². The lowest BCUT2D eigenvalue weighted by Gasteiger charge is -2.16. The average Bonchev–Trinajstić information content (AvgIpc) is 2.35. The smallest absolute Gasteiger partial charge is 0.170 e. The van der Waals surface area contributed by atoms with Crippen LogP contribution in [0.4, 0.5) is 0 Å². The Hall–Kier alpha value is -1.61. The zero-order valence-corrected chi connectivity index (χ0v) is 8.79. The molecule has 0 radical (unpaired) electrons. The SMILES string of the molecule is COc1ccc(CO)cc1C(O)C(O)C#N. The third-order valence-corrected chi connectivity index (χ3v) is 2.23. The second kappa shape index (κ2) is 5.47. The van der Waals surface area contributed by atoms with Crippen LogP contribution in [0.1, 0.15) is 17.2 Å². The monoisotopic (exact) mass is 223 g/mol. The Morgan fingerprint density at radius 2 is 2.12 bits per heavy atom. The van der Waals surface area contributed by atoms with Crippen LogP contribution >= 0.6 is 0 Å². The van der Waals surface area contributed by atoms with Crippen molar-refractivity contribution in [2.45, 2.75) is 18.8 Å². The highest BCUT2D eigenvalue weighted by molar-refractivity contribution is 5.39. The van der Waals surface area contributed by atoms with E-state index in [9.17, 15) is 10.2 Å². The van der Waals surface area contributed by atoms with Crippen molar-refractivity contribution in [1.29, 1.82) is 5.26 Å². The molecule has 5 heteroatoms. The fraction of sp³-hybridized carbons (Fsp3) is 0.364. The van der Waals surface area contributed by atoms with Crippen LogP contribution in [-0.4, -0.2) is 28.5 Å². The second-order valence-corrected chi connectivity index (χ2v) is 3.25. The van der Waals surface area contributed by atoms with Crippen LogP contribution in [0.25, 0.3) is 0 Å². The molecule has 0 aliphatic carbocycles. The van der Waals surface area contributed by atoms with E-state index in [1.807, 2.05) is 0 Å². The molecule has 0 saturated carbocycles. The van der Waals surface area contributed by atoms with Crippen molar-refractivity contribution < 1.29 is 20.1 Å². The third kappa shape index (κ3) is 2.49. The number of hydrogen-bond acceptors (Lipinski definition) is 5. The number of nitriles is 1. The molecule has 0 aliphatic rings. The van der Waals surface area contributed by atoms with Crippen LogP contribution in [0.3, 0.4) is 0 Å². The van der Waals surface area contributed by atoms with Gasteiger partial charge < -0.3 is 20.1 Å². The fourth-order valence-corrected chi connectivity index (χ4v) is 1.35. The predicted octanol–water partition coefficient (Wildman–Crippen LogP) is 0.105. The first-order chi connectivity index (χ1) is 7.63. The van der Waals surface area contributed by atoms with E-state index in [0.717, 1.165) is 0 Å². The van der Waals surface area contributed by atoms with Gasteiger partial charge in [0.1, 0.15) is 11.9 Å². The van der Waals surface area contributed by atoms with Crippen LogP contribution < -0.4 is 4.74 Å². The summed E-state index contributed by atoms with van der Waals surface area (Å²) < 4.78 is 5.00. The lowest BCUT2D eigenvalue weighted by Crippen LogP contribution is -2.16. The molecule has 0 aliphatic heterocycles. The quantitative estimate of drug-likeness (QED) is 0.630. The van der Waals surface area contributed by atoms with Crippen molar-refractivity contribution in [3.8, 4) is 11.8 Å². The van der Waals surface area contributed by atoms with Gasteiger partial charge in [-0.15, -0.1) is 0 Å². The number of rotatable bonds is 4. The molecular formula is C11H13NO4. The van der Waals surface area contributed by atoms with Crippen LogP contribution in [0, 0.1) is 11.3 Å². The van der Waals surface area contributed by atoms with Crippen LogP contribution in [0.15, 0.2) is 18.2 Å². The first kappa shape index (κ1) is 12.5. The summed E-state index contributed by atoms with van der Waals surface area (Å²) in [4.78, 5) is 0. The number of nitrogens with zero attached hydrogens (tertiary/aromatic N) is 1. The lowest BCUT2D eigenvalue weighted by atomic mass is 10.0. The standard InChI is InChI=1S/C11H13NO4/c1-16-10-3-2-7(6-13)4-8(10)11(15)9(14)5-12/h2-4,9,11,13-15H,6H2,1H3.